The van der Waals surface area contributed by atoms with Gasteiger partial charge >= 0.3 is 0 Å². The molecule has 0 heterocycles. The molecule has 4 nitrogen and oxygen atoms in total. The summed E-state index contributed by atoms with van der Waals surface area (Å²) >= 11 is 0. The summed E-state index contributed by atoms with van der Waals surface area (Å²) < 4.78 is 0. The number of fused-ring (bicyclic) bond motifs is 1. The Morgan fingerprint density at radius 3 is 2.43 bits per heavy atom. The summed E-state index contributed by atoms with van der Waals surface area (Å²) in [6.45, 7) is -0.0369. The Kier molecular flexibility index (Phi) is 4.71. The van der Waals surface area contributed by atoms with Crippen molar-refractivity contribution in [3.8, 4) is 0 Å². The van der Waals surface area contributed by atoms with E-state index in [4.69, 9.17) is 0 Å². The third-order valence-corrected chi connectivity index (χ3v) is 4.08. The number of aryl methyl sites for hydroxylation is 2. The van der Waals surface area contributed by atoms with Crippen molar-refractivity contribution in [3.05, 3.63) is 65.2 Å². The minimum Gasteiger partial charge on any atom is -0.343 e. The van der Waals surface area contributed by atoms with Crippen LogP contribution in [-0.4, -0.2) is 18.4 Å². The molecule has 2 amide bonds. The molecule has 1 aliphatic rings. The van der Waals surface area contributed by atoms with Crippen molar-refractivity contribution in [2.75, 3.05) is 11.9 Å². The van der Waals surface area contributed by atoms with Crippen LogP contribution in [0.15, 0.2) is 48.5 Å². The Bertz CT molecular complexity index is 711. The van der Waals surface area contributed by atoms with Crippen LogP contribution in [0.1, 0.15) is 34.3 Å². The van der Waals surface area contributed by atoms with E-state index in [1.165, 1.54) is 24.0 Å². The van der Waals surface area contributed by atoms with Crippen LogP contribution in [0.3, 0.4) is 0 Å². The minimum absolute atomic E-state index is 0.0369. The predicted molar refractivity (Wildman–Crippen MR) is 90.5 cm³/mol. The molecule has 0 unspecified atom stereocenters. The Morgan fingerprint density at radius 2 is 1.65 bits per heavy atom. The van der Waals surface area contributed by atoms with Gasteiger partial charge in [-0.3, -0.25) is 9.59 Å². The first-order valence-electron chi connectivity index (χ1n) is 7.97. The van der Waals surface area contributed by atoms with Gasteiger partial charge in [-0.05, 0) is 61.1 Å². The molecule has 23 heavy (non-hydrogen) atoms. The van der Waals surface area contributed by atoms with Gasteiger partial charge < -0.3 is 10.6 Å². The van der Waals surface area contributed by atoms with E-state index in [2.05, 4.69) is 16.7 Å². The van der Waals surface area contributed by atoms with Crippen LogP contribution >= 0.6 is 0 Å². The monoisotopic (exact) mass is 308 g/mol. The summed E-state index contributed by atoms with van der Waals surface area (Å²) in [7, 11) is 0. The van der Waals surface area contributed by atoms with Crippen LogP contribution in [0.25, 0.3) is 0 Å². The van der Waals surface area contributed by atoms with Gasteiger partial charge in [0, 0.05) is 11.3 Å². The Balaban J connectivity index is 1.54. The fraction of sp³-hybridized carbons (Fsp3) is 0.263. The number of nitrogens with one attached hydrogen (secondary N) is 2. The second-order valence-corrected chi connectivity index (χ2v) is 5.79. The van der Waals surface area contributed by atoms with E-state index in [0.29, 0.717) is 5.56 Å². The molecule has 118 valence electrons. The molecule has 0 atom stereocenters. The summed E-state index contributed by atoms with van der Waals surface area (Å²) in [5.74, 6) is -0.462. The summed E-state index contributed by atoms with van der Waals surface area (Å²) in [4.78, 5) is 23.9. The number of rotatable bonds is 4. The molecule has 1 aliphatic carbocycles. The lowest BCUT2D eigenvalue weighted by molar-refractivity contribution is -0.115. The Labute approximate surface area is 135 Å². The lowest BCUT2D eigenvalue weighted by Crippen LogP contribution is -2.32. The van der Waals surface area contributed by atoms with Crippen LogP contribution < -0.4 is 10.6 Å². The number of benzene rings is 2. The number of amides is 2. The zero-order valence-corrected chi connectivity index (χ0v) is 13.0. The number of carbonyl (C=O) groups is 2. The van der Waals surface area contributed by atoms with Crippen molar-refractivity contribution in [1.82, 2.24) is 5.32 Å². The van der Waals surface area contributed by atoms with Crippen molar-refractivity contribution >= 4 is 17.5 Å². The average Bonchev–Trinajstić information content (AvgIpc) is 2.60. The zero-order chi connectivity index (χ0) is 16.1. The second kappa shape index (κ2) is 7.09. The largest absolute Gasteiger partial charge is 0.343 e. The van der Waals surface area contributed by atoms with Crippen molar-refractivity contribution < 1.29 is 9.59 Å². The molecule has 0 aromatic heterocycles. The van der Waals surface area contributed by atoms with E-state index in [9.17, 15) is 9.59 Å². The fourth-order valence-corrected chi connectivity index (χ4v) is 2.87. The highest BCUT2D eigenvalue weighted by Crippen LogP contribution is 2.24. The van der Waals surface area contributed by atoms with Gasteiger partial charge in [-0.15, -0.1) is 0 Å². The van der Waals surface area contributed by atoms with Gasteiger partial charge in [0.05, 0.1) is 6.54 Å². The van der Waals surface area contributed by atoms with Crippen molar-refractivity contribution in [2.45, 2.75) is 25.7 Å². The molecule has 0 radical (unpaired) electrons. The topological polar surface area (TPSA) is 58.2 Å². The van der Waals surface area contributed by atoms with Crippen molar-refractivity contribution in [1.29, 1.82) is 0 Å². The smallest absolute Gasteiger partial charge is 0.251 e. The molecule has 2 N–H and O–H groups in total. The predicted octanol–water partition coefficient (Wildman–Crippen LogP) is 2.93. The minimum atomic E-state index is -0.244. The van der Waals surface area contributed by atoms with Gasteiger partial charge in [0.1, 0.15) is 0 Å². The number of hydrogen-bond donors (Lipinski definition) is 2. The molecule has 3 rings (SSSR count). The molecular weight excluding hydrogens is 288 g/mol. The standard InChI is InChI=1S/C19H20N2O2/c22-18(13-20-19(23)15-7-2-1-3-8-15)21-17-11-10-14-6-4-5-9-16(14)12-17/h1-3,7-8,10-12H,4-6,9,13H2,(H,20,23)(H,21,22). The molecule has 0 saturated carbocycles. The van der Waals surface area contributed by atoms with E-state index in [1.807, 2.05) is 18.2 Å². The molecule has 0 spiro atoms. The highest BCUT2D eigenvalue weighted by molar-refractivity contribution is 5.99. The Hall–Kier alpha value is -2.62. The highest BCUT2D eigenvalue weighted by Gasteiger charge is 2.11. The first kappa shape index (κ1) is 15.3. The lowest BCUT2D eigenvalue weighted by atomic mass is 9.91. The third kappa shape index (κ3) is 3.97. The maximum Gasteiger partial charge on any atom is 0.251 e. The van der Waals surface area contributed by atoms with Gasteiger partial charge in [0.15, 0.2) is 0 Å². The van der Waals surface area contributed by atoms with Crippen LogP contribution in [0.4, 0.5) is 5.69 Å². The van der Waals surface area contributed by atoms with Gasteiger partial charge in [0.25, 0.3) is 5.91 Å². The van der Waals surface area contributed by atoms with E-state index in [1.54, 1.807) is 24.3 Å². The van der Waals surface area contributed by atoms with Crippen LogP contribution in [0.2, 0.25) is 0 Å². The number of anilines is 1. The molecule has 0 saturated heterocycles. The Morgan fingerprint density at radius 1 is 0.913 bits per heavy atom. The van der Waals surface area contributed by atoms with E-state index >= 15 is 0 Å². The number of hydrogen-bond acceptors (Lipinski definition) is 2. The summed E-state index contributed by atoms with van der Waals surface area (Å²) in [6.07, 6.45) is 4.64. The fourth-order valence-electron chi connectivity index (χ4n) is 2.87. The molecule has 0 fully saturated rings. The SMILES string of the molecule is O=C(CNC(=O)c1ccccc1)Nc1ccc2c(c1)CCCC2. The lowest BCUT2D eigenvalue weighted by Gasteiger charge is -2.17. The van der Waals surface area contributed by atoms with E-state index < -0.39 is 0 Å². The maximum atomic E-state index is 12.0. The summed E-state index contributed by atoms with van der Waals surface area (Å²) in [5.41, 5.74) is 4.05. The molecule has 0 bridgehead atoms. The number of carbonyl (C=O) groups excluding carboxylic acids is 2. The molecule has 4 heteroatoms. The third-order valence-electron chi connectivity index (χ3n) is 4.08. The molecule has 0 aliphatic heterocycles. The molecule has 2 aromatic carbocycles. The van der Waals surface area contributed by atoms with Crippen LogP contribution in [-0.2, 0) is 17.6 Å². The van der Waals surface area contributed by atoms with Gasteiger partial charge in [-0.1, -0.05) is 24.3 Å². The van der Waals surface area contributed by atoms with Crippen molar-refractivity contribution in [2.24, 2.45) is 0 Å². The van der Waals surface area contributed by atoms with Crippen LogP contribution in [0.5, 0.6) is 0 Å². The summed E-state index contributed by atoms with van der Waals surface area (Å²) in [5, 5.41) is 5.48. The highest BCUT2D eigenvalue weighted by atomic mass is 16.2. The van der Waals surface area contributed by atoms with Crippen molar-refractivity contribution in [3.63, 3.8) is 0 Å². The first-order chi connectivity index (χ1) is 11.2. The average molecular weight is 308 g/mol. The second-order valence-electron chi connectivity index (χ2n) is 5.79. The summed E-state index contributed by atoms with van der Waals surface area (Å²) in [6, 6.07) is 14.9. The molecular formula is C19H20N2O2. The maximum absolute atomic E-state index is 12.0. The quantitative estimate of drug-likeness (QED) is 0.912. The van der Waals surface area contributed by atoms with E-state index in [-0.39, 0.29) is 18.4 Å². The van der Waals surface area contributed by atoms with Gasteiger partial charge in [-0.2, -0.15) is 0 Å². The van der Waals surface area contributed by atoms with Gasteiger partial charge in [0.2, 0.25) is 5.91 Å². The first-order valence-corrected chi connectivity index (χ1v) is 7.97. The zero-order valence-electron chi connectivity index (χ0n) is 13.0. The normalized spacial score (nSPS) is 13.0. The van der Waals surface area contributed by atoms with Crippen LogP contribution in [0, 0.1) is 0 Å². The molecule has 2 aromatic rings. The van der Waals surface area contributed by atoms with E-state index in [0.717, 1.165) is 18.5 Å². The van der Waals surface area contributed by atoms with Gasteiger partial charge in [-0.25, -0.2) is 0 Å².